The van der Waals surface area contributed by atoms with Crippen LogP contribution in [0, 0.1) is 0 Å². The summed E-state index contributed by atoms with van der Waals surface area (Å²) in [5.41, 5.74) is 1.61. The van der Waals surface area contributed by atoms with Crippen LogP contribution in [0.4, 0.5) is 10.5 Å². The van der Waals surface area contributed by atoms with E-state index in [0.29, 0.717) is 37.2 Å². The summed E-state index contributed by atoms with van der Waals surface area (Å²) in [7, 11) is -3.32. The topological polar surface area (TPSA) is 109 Å². The number of anilines is 1. The van der Waals surface area contributed by atoms with Gasteiger partial charge in [-0.2, -0.15) is 0 Å². The summed E-state index contributed by atoms with van der Waals surface area (Å²) in [5.74, 6) is 0.111. The molecule has 9 heteroatoms. The maximum Gasteiger partial charge on any atom is 0.336 e. The Balaban J connectivity index is 1.69. The summed E-state index contributed by atoms with van der Waals surface area (Å²) in [4.78, 5) is 26.0. The van der Waals surface area contributed by atoms with Gasteiger partial charge in [-0.05, 0) is 50.8 Å². The van der Waals surface area contributed by atoms with E-state index in [0.717, 1.165) is 10.9 Å². The van der Waals surface area contributed by atoms with Gasteiger partial charge >= 0.3 is 11.7 Å². The molecule has 1 aromatic heterocycles. The van der Waals surface area contributed by atoms with Gasteiger partial charge in [-0.25, -0.2) is 22.7 Å². The highest BCUT2D eigenvalue weighted by atomic mass is 32.2. The van der Waals surface area contributed by atoms with Crippen molar-refractivity contribution in [1.82, 2.24) is 9.62 Å². The van der Waals surface area contributed by atoms with Crippen molar-refractivity contribution in [3.05, 3.63) is 40.2 Å². The van der Waals surface area contributed by atoms with Crippen LogP contribution >= 0.6 is 0 Å². The van der Waals surface area contributed by atoms with Crippen LogP contribution in [0.15, 0.2) is 33.5 Å². The number of carbonyl (C=O) groups excluding carboxylic acids is 1. The van der Waals surface area contributed by atoms with Crippen LogP contribution in [0.5, 0.6) is 0 Å². The number of likely N-dealkylation sites (tertiary alicyclic amines) is 1. The van der Waals surface area contributed by atoms with Crippen LogP contribution < -0.4 is 15.7 Å². The van der Waals surface area contributed by atoms with Crippen LogP contribution in [-0.2, 0) is 10.0 Å². The summed E-state index contributed by atoms with van der Waals surface area (Å²) in [6.07, 6.45) is 1.14. The van der Waals surface area contributed by atoms with Gasteiger partial charge in [0.25, 0.3) is 0 Å². The average Bonchev–Trinajstić information content (AvgIpc) is 2.67. The maximum absolute atomic E-state index is 12.7. The number of hydrogen-bond acceptors (Lipinski definition) is 5. The van der Waals surface area contributed by atoms with Crippen molar-refractivity contribution in [2.24, 2.45) is 0 Å². The van der Waals surface area contributed by atoms with E-state index in [1.807, 2.05) is 19.9 Å². The molecule has 2 aromatic rings. The Bertz CT molecular complexity index is 1080. The summed E-state index contributed by atoms with van der Waals surface area (Å²) in [5, 5.41) is 3.19. The number of amides is 2. The van der Waals surface area contributed by atoms with E-state index in [2.05, 4.69) is 10.0 Å². The number of rotatable bonds is 5. The Morgan fingerprint density at radius 2 is 1.80 bits per heavy atom. The fourth-order valence-corrected chi connectivity index (χ4v) is 4.45. The summed E-state index contributed by atoms with van der Waals surface area (Å²) < 4.78 is 32.2. The number of piperidine rings is 1. The summed E-state index contributed by atoms with van der Waals surface area (Å²) in [6, 6.07) is 6.28. The normalized spacial score (nSPS) is 15.9. The van der Waals surface area contributed by atoms with Gasteiger partial charge in [0.2, 0.25) is 10.0 Å². The second kappa shape index (κ2) is 8.77. The van der Waals surface area contributed by atoms with Crippen molar-refractivity contribution < 1.29 is 17.6 Å². The first-order valence-corrected chi connectivity index (χ1v) is 11.8. The summed E-state index contributed by atoms with van der Waals surface area (Å²) in [6.45, 7) is 8.22. The number of nitrogens with one attached hydrogen (secondary N) is 2. The van der Waals surface area contributed by atoms with Crippen LogP contribution in [0.2, 0.25) is 0 Å². The van der Waals surface area contributed by atoms with Crippen molar-refractivity contribution in [2.45, 2.75) is 57.7 Å². The predicted molar refractivity (Wildman–Crippen MR) is 117 cm³/mol. The molecule has 1 aliphatic rings. The second-order valence-electron chi connectivity index (χ2n) is 8.30. The van der Waals surface area contributed by atoms with Crippen LogP contribution in [0.25, 0.3) is 11.0 Å². The quantitative estimate of drug-likeness (QED) is 0.701. The molecule has 0 bridgehead atoms. The Morgan fingerprint density at radius 3 is 2.40 bits per heavy atom. The molecule has 3 rings (SSSR count). The molecule has 0 unspecified atom stereocenters. The highest BCUT2D eigenvalue weighted by molar-refractivity contribution is 7.90. The molecule has 0 atom stereocenters. The Morgan fingerprint density at radius 1 is 1.13 bits per heavy atom. The molecule has 1 aromatic carbocycles. The number of fused-ring (bicyclic) bond motifs is 1. The van der Waals surface area contributed by atoms with E-state index in [1.54, 1.807) is 30.9 Å². The first-order valence-electron chi connectivity index (χ1n) is 10.2. The largest absolute Gasteiger partial charge is 0.422 e. The van der Waals surface area contributed by atoms with E-state index in [1.165, 1.54) is 6.07 Å². The van der Waals surface area contributed by atoms with Gasteiger partial charge in [-0.1, -0.05) is 13.8 Å². The molecule has 164 valence electrons. The molecule has 0 radical (unpaired) electrons. The molecule has 30 heavy (non-hydrogen) atoms. The number of nitrogens with zero attached hydrogens (tertiary/aromatic N) is 1. The standard InChI is InChI=1S/C21H29N3O5S/c1-13(2)18-12-17(11-15-5-6-19(25)29-20(15)18)22-21(26)24-9-7-16(8-10-24)23-30(27,28)14(3)4/h5-6,11-14,16,23H,7-10H2,1-4H3,(H,22,26). The fourth-order valence-electron chi connectivity index (χ4n) is 3.48. The zero-order valence-corrected chi connectivity index (χ0v) is 18.6. The van der Waals surface area contributed by atoms with Gasteiger partial charge in [0.05, 0.1) is 5.25 Å². The third-order valence-electron chi connectivity index (χ3n) is 5.35. The minimum atomic E-state index is -3.32. The fraction of sp³-hybridized carbons (Fsp3) is 0.524. The van der Waals surface area contributed by atoms with Gasteiger partial charge in [-0.15, -0.1) is 0 Å². The molecule has 2 amide bonds. The number of sulfonamides is 1. The molecular formula is C21H29N3O5S. The second-order valence-corrected chi connectivity index (χ2v) is 10.6. The highest BCUT2D eigenvalue weighted by Gasteiger charge is 2.27. The molecule has 1 aliphatic heterocycles. The van der Waals surface area contributed by atoms with E-state index < -0.39 is 20.9 Å². The number of urea groups is 1. The summed E-state index contributed by atoms with van der Waals surface area (Å²) >= 11 is 0. The molecule has 8 nitrogen and oxygen atoms in total. The zero-order chi connectivity index (χ0) is 22.1. The third kappa shape index (κ3) is 5.02. The van der Waals surface area contributed by atoms with Gasteiger partial charge in [-0.3, -0.25) is 0 Å². The molecule has 0 aliphatic carbocycles. The first-order chi connectivity index (χ1) is 14.1. The van der Waals surface area contributed by atoms with Crippen molar-refractivity contribution in [2.75, 3.05) is 18.4 Å². The minimum absolute atomic E-state index is 0.111. The minimum Gasteiger partial charge on any atom is -0.422 e. The van der Waals surface area contributed by atoms with Crippen molar-refractivity contribution in [3.63, 3.8) is 0 Å². The number of benzene rings is 1. The molecule has 1 fully saturated rings. The van der Waals surface area contributed by atoms with Crippen LogP contribution in [-0.4, -0.2) is 43.7 Å². The lowest BCUT2D eigenvalue weighted by molar-refractivity contribution is 0.193. The Kier molecular flexibility index (Phi) is 6.52. The van der Waals surface area contributed by atoms with Crippen molar-refractivity contribution >= 4 is 32.7 Å². The molecule has 2 N–H and O–H groups in total. The average molecular weight is 436 g/mol. The third-order valence-corrected chi connectivity index (χ3v) is 7.26. The zero-order valence-electron chi connectivity index (χ0n) is 17.8. The van der Waals surface area contributed by atoms with Gasteiger partial charge in [0.1, 0.15) is 5.58 Å². The van der Waals surface area contributed by atoms with E-state index in [9.17, 15) is 18.0 Å². The maximum atomic E-state index is 12.7. The Hall–Kier alpha value is -2.39. The van der Waals surface area contributed by atoms with Crippen LogP contribution in [0.3, 0.4) is 0 Å². The van der Waals surface area contributed by atoms with Gasteiger partial charge in [0.15, 0.2) is 0 Å². The molecular weight excluding hydrogens is 406 g/mol. The van der Waals surface area contributed by atoms with E-state index in [-0.39, 0.29) is 18.0 Å². The van der Waals surface area contributed by atoms with Gasteiger partial charge < -0.3 is 14.6 Å². The lowest BCUT2D eigenvalue weighted by atomic mass is 9.99. The molecule has 1 saturated heterocycles. The van der Waals surface area contributed by atoms with Crippen LogP contribution in [0.1, 0.15) is 52.0 Å². The number of hydrogen-bond donors (Lipinski definition) is 2. The predicted octanol–water partition coefficient (Wildman–Crippen LogP) is 3.24. The van der Waals surface area contributed by atoms with E-state index >= 15 is 0 Å². The lowest BCUT2D eigenvalue weighted by Gasteiger charge is -2.32. The highest BCUT2D eigenvalue weighted by Crippen LogP contribution is 2.29. The monoisotopic (exact) mass is 435 g/mol. The smallest absolute Gasteiger partial charge is 0.336 e. The lowest BCUT2D eigenvalue weighted by Crippen LogP contribution is -2.48. The first kappa shape index (κ1) is 22.3. The molecule has 2 heterocycles. The van der Waals surface area contributed by atoms with Gasteiger partial charge in [0, 0.05) is 41.8 Å². The number of carbonyl (C=O) groups is 1. The van der Waals surface area contributed by atoms with Crippen molar-refractivity contribution in [1.29, 1.82) is 0 Å². The molecule has 0 saturated carbocycles. The molecule has 0 spiro atoms. The van der Waals surface area contributed by atoms with Crippen molar-refractivity contribution in [3.8, 4) is 0 Å². The SMILES string of the molecule is CC(C)c1cc(NC(=O)N2CCC(NS(=O)(=O)C(C)C)CC2)cc2ccc(=O)oc12. The van der Waals surface area contributed by atoms with E-state index in [4.69, 9.17) is 4.42 Å². The Labute approximate surface area is 176 Å².